The number of hydrogen-bond acceptors (Lipinski definition) is 6. The van der Waals surface area contributed by atoms with E-state index in [0.29, 0.717) is 18.8 Å². The van der Waals surface area contributed by atoms with E-state index in [1.165, 1.54) is 0 Å². The Morgan fingerprint density at radius 2 is 1.87 bits per heavy atom. The van der Waals surface area contributed by atoms with Gasteiger partial charge >= 0.3 is 0 Å². The molecule has 0 N–H and O–H groups in total. The Kier molecular flexibility index (Phi) is 4.38. The summed E-state index contributed by atoms with van der Waals surface area (Å²) in [5.41, 5.74) is 3.31. The number of aryl methyl sites for hydroxylation is 3. The summed E-state index contributed by atoms with van der Waals surface area (Å²) >= 11 is 0. The molecule has 2 aromatic heterocycles. The van der Waals surface area contributed by atoms with Crippen molar-refractivity contribution in [3.63, 3.8) is 0 Å². The van der Waals surface area contributed by atoms with Gasteiger partial charge in [-0.05, 0) is 20.8 Å². The van der Waals surface area contributed by atoms with Gasteiger partial charge in [-0.1, -0.05) is 5.16 Å². The molecule has 0 aliphatic carbocycles. The first kappa shape index (κ1) is 15.6. The first-order valence-corrected chi connectivity index (χ1v) is 7.76. The minimum atomic E-state index is -0.0468. The molecule has 3 rings (SSSR count). The van der Waals surface area contributed by atoms with Crippen LogP contribution in [0.15, 0.2) is 16.9 Å². The minimum absolute atomic E-state index is 0.0468. The average molecular weight is 315 g/mol. The quantitative estimate of drug-likeness (QED) is 0.851. The van der Waals surface area contributed by atoms with Crippen molar-refractivity contribution in [3.8, 4) is 0 Å². The Labute approximate surface area is 135 Å². The Morgan fingerprint density at radius 1 is 1.13 bits per heavy atom. The zero-order chi connectivity index (χ0) is 16.4. The summed E-state index contributed by atoms with van der Waals surface area (Å²) in [4.78, 5) is 24.9. The lowest BCUT2D eigenvalue weighted by molar-refractivity contribution is 0.0621. The fourth-order valence-corrected chi connectivity index (χ4v) is 2.73. The highest BCUT2D eigenvalue weighted by Gasteiger charge is 2.24. The van der Waals surface area contributed by atoms with Gasteiger partial charge in [0, 0.05) is 44.5 Å². The Morgan fingerprint density at radius 3 is 2.43 bits per heavy atom. The second-order valence-electron chi connectivity index (χ2n) is 5.91. The zero-order valence-electron chi connectivity index (χ0n) is 13.7. The molecular weight excluding hydrogens is 294 g/mol. The van der Waals surface area contributed by atoms with Gasteiger partial charge in [0.05, 0.1) is 17.6 Å². The molecule has 23 heavy (non-hydrogen) atoms. The lowest BCUT2D eigenvalue weighted by atomic mass is 10.1. The number of carbonyl (C=O) groups is 1. The normalized spacial score (nSPS) is 15.9. The van der Waals surface area contributed by atoms with Gasteiger partial charge in [-0.2, -0.15) is 0 Å². The van der Waals surface area contributed by atoms with Crippen LogP contribution in [0.5, 0.6) is 0 Å². The smallest absolute Gasteiger partial charge is 0.274 e. The SMILES string of the molecule is Cc1cnc(C(=O)N2CCN(Cc3c(C)noc3C)CC2)cn1. The molecule has 122 valence electrons. The minimum Gasteiger partial charge on any atom is -0.361 e. The molecule has 0 unspecified atom stereocenters. The van der Waals surface area contributed by atoms with Gasteiger partial charge in [-0.15, -0.1) is 0 Å². The van der Waals surface area contributed by atoms with E-state index in [0.717, 1.165) is 42.3 Å². The average Bonchev–Trinajstić information content (AvgIpc) is 2.87. The molecule has 1 amide bonds. The van der Waals surface area contributed by atoms with Crippen molar-refractivity contribution in [3.05, 3.63) is 40.8 Å². The molecule has 0 radical (unpaired) electrons. The molecular formula is C16H21N5O2. The van der Waals surface area contributed by atoms with Crippen LogP contribution in [0.3, 0.4) is 0 Å². The van der Waals surface area contributed by atoms with E-state index in [9.17, 15) is 4.79 Å². The number of piperazine rings is 1. The van der Waals surface area contributed by atoms with Crippen molar-refractivity contribution in [1.29, 1.82) is 0 Å². The summed E-state index contributed by atoms with van der Waals surface area (Å²) < 4.78 is 5.21. The lowest BCUT2D eigenvalue weighted by Gasteiger charge is -2.34. The zero-order valence-corrected chi connectivity index (χ0v) is 13.7. The summed E-state index contributed by atoms with van der Waals surface area (Å²) in [6.45, 7) is 9.61. The number of aromatic nitrogens is 3. The van der Waals surface area contributed by atoms with Gasteiger partial charge in [0.1, 0.15) is 11.5 Å². The van der Waals surface area contributed by atoms with E-state index < -0.39 is 0 Å². The van der Waals surface area contributed by atoms with Gasteiger partial charge in [-0.3, -0.25) is 14.7 Å². The lowest BCUT2D eigenvalue weighted by Crippen LogP contribution is -2.48. The van der Waals surface area contributed by atoms with Crippen molar-refractivity contribution in [2.45, 2.75) is 27.3 Å². The Bertz CT molecular complexity index is 667. The Balaban J connectivity index is 1.58. The second-order valence-corrected chi connectivity index (χ2v) is 5.91. The molecule has 1 aliphatic rings. The summed E-state index contributed by atoms with van der Waals surface area (Å²) in [6.07, 6.45) is 3.18. The molecule has 1 saturated heterocycles. The van der Waals surface area contributed by atoms with E-state index in [1.54, 1.807) is 12.4 Å². The molecule has 0 spiro atoms. The van der Waals surface area contributed by atoms with Gasteiger partial charge in [0.25, 0.3) is 5.91 Å². The monoisotopic (exact) mass is 315 g/mol. The van der Waals surface area contributed by atoms with Gasteiger partial charge < -0.3 is 9.42 Å². The largest absolute Gasteiger partial charge is 0.361 e. The maximum absolute atomic E-state index is 12.4. The van der Waals surface area contributed by atoms with Gasteiger partial charge in [0.2, 0.25) is 0 Å². The molecule has 3 heterocycles. The number of nitrogens with zero attached hydrogens (tertiary/aromatic N) is 5. The molecule has 0 saturated carbocycles. The van der Waals surface area contributed by atoms with Crippen LogP contribution in [0.4, 0.5) is 0 Å². The third-order valence-electron chi connectivity index (χ3n) is 4.22. The van der Waals surface area contributed by atoms with Gasteiger partial charge in [-0.25, -0.2) is 4.98 Å². The molecule has 1 fully saturated rings. The summed E-state index contributed by atoms with van der Waals surface area (Å²) in [5, 5.41) is 3.99. The number of amides is 1. The Hall–Kier alpha value is -2.28. The van der Waals surface area contributed by atoms with E-state index in [2.05, 4.69) is 20.0 Å². The molecule has 0 aromatic carbocycles. The van der Waals surface area contributed by atoms with Crippen LogP contribution in [0, 0.1) is 20.8 Å². The van der Waals surface area contributed by atoms with Crippen molar-refractivity contribution in [2.24, 2.45) is 0 Å². The van der Waals surface area contributed by atoms with Crippen LogP contribution >= 0.6 is 0 Å². The molecule has 2 aromatic rings. The first-order valence-electron chi connectivity index (χ1n) is 7.76. The third kappa shape index (κ3) is 3.39. The van der Waals surface area contributed by atoms with Crippen molar-refractivity contribution in [2.75, 3.05) is 26.2 Å². The van der Waals surface area contributed by atoms with Gasteiger partial charge in [0.15, 0.2) is 0 Å². The molecule has 7 heteroatoms. The number of hydrogen-bond donors (Lipinski definition) is 0. The fraction of sp³-hybridized carbons (Fsp3) is 0.500. The predicted molar refractivity (Wildman–Crippen MR) is 83.9 cm³/mol. The third-order valence-corrected chi connectivity index (χ3v) is 4.22. The summed E-state index contributed by atoms with van der Waals surface area (Å²) in [5.74, 6) is 0.824. The molecule has 1 aliphatic heterocycles. The summed E-state index contributed by atoms with van der Waals surface area (Å²) in [6, 6.07) is 0. The standard InChI is InChI=1S/C16H21N5O2/c1-11-8-18-15(9-17-11)16(22)21-6-4-20(5-7-21)10-14-12(2)19-23-13(14)3/h8-9H,4-7,10H2,1-3H3. The number of rotatable bonds is 3. The van der Waals surface area contributed by atoms with Crippen LogP contribution < -0.4 is 0 Å². The maximum Gasteiger partial charge on any atom is 0.274 e. The molecule has 0 atom stereocenters. The van der Waals surface area contributed by atoms with Crippen LogP contribution in [0.1, 0.15) is 33.2 Å². The highest BCUT2D eigenvalue weighted by atomic mass is 16.5. The van der Waals surface area contributed by atoms with Crippen LogP contribution in [-0.4, -0.2) is 57.0 Å². The van der Waals surface area contributed by atoms with Crippen molar-refractivity contribution < 1.29 is 9.32 Å². The summed E-state index contributed by atoms with van der Waals surface area (Å²) in [7, 11) is 0. The predicted octanol–water partition coefficient (Wildman–Crippen LogP) is 1.35. The van der Waals surface area contributed by atoms with Crippen LogP contribution in [0.25, 0.3) is 0 Å². The van der Waals surface area contributed by atoms with E-state index in [1.807, 2.05) is 25.7 Å². The van der Waals surface area contributed by atoms with Crippen LogP contribution in [-0.2, 0) is 6.54 Å². The highest BCUT2D eigenvalue weighted by Crippen LogP contribution is 2.16. The van der Waals surface area contributed by atoms with E-state index in [-0.39, 0.29) is 5.91 Å². The molecule has 7 nitrogen and oxygen atoms in total. The van der Waals surface area contributed by atoms with Crippen LogP contribution in [0.2, 0.25) is 0 Å². The first-order chi connectivity index (χ1) is 11.0. The van der Waals surface area contributed by atoms with Crippen molar-refractivity contribution >= 4 is 5.91 Å². The topological polar surface area (TPSA) is 75.4 Å². The maximum atomic E-state index is 12.4. The highest BCUT2D eigenvalue weighted by molar-refractivity contribution is 5.92. The number of carbonyl (C=O) groups excluding carboxylic acids is 1. The second kappa shape index (κ2) is 6.45. The van der Waals surface area contributed by atoms with Crippen molar-refractivity contribution in [1.82, 2.24) is 24.9 Å². The molecule has 0 bridgehead atoms. The van der Waals surface area contributed by atoms with E-state index in [4.69, 9.17) is 4.52 Å². The van der Waals surface area contributed by atoms with E-state index >= 15 is 0 Å². The fourth-order valence-electron chi connectivity index (χ4n) is 2.73.